The van der Waals surface area contributed by atoms with Crippen LogP contribution < -0.4 is 0 Å². The van der Waals surface area contributed by atoms with E-state index in [2.05, 4.69) is 27.6 Å². The molecule has 16 heavy (non-hydrogen) atoms. The van der Waals surface area contributed by atoms with Crippen LogP contribution in [0.15, 0.2) is 42.5 Å². The molecular weight excluding hydrogens is 216 g/mol. The Morgan fingerprint density at radius 3 is 3.06 bits per heavy atom. The molecule has 0 spiro atoms. The van der Waals surface area contributed by atoms with Crippen molar-refractivity contribution in [1.29, 1.82) is 0 Å². The van der Waals surface area contributed by atoms with E-state index in [0.29, 0.717) is 0 Å². The highest BCUT2D eigenvalue weighted by Gasteiger charge is 2.09. The molecule has 4 aromatic rings. The molecule has 0 bridgehead atoms. The molecule has 0 saturated heterocycles. The van der Waals surface area contributed by atoms with Gasteiger partial charge in [-0.3, -0.25) is 4.40 Å². The lowest BCUT2D eigenvalue weighted by atomic mass is 10.3. The lowest BCUT2D eigenvalue weighted by Crippen LogP contribution is -1.79. The average Bonchev–Trinajstić information content (AvgIpc) is 2.83. The first-order valence-electron chi connectivity index (χ1n) is 5.10. The Labute approximate surface area is 95.8 Å². The van der Waals surface area contributed by atoms with Crippen LogP contribution in [0.4, 0.5) is 0 Å². The van der Waals surface area contributed by atoms with Gasteiger partial charge in [-0.2, -0.15) is 0 Å². The molecule has 1 radical (unpaired) electrons. The van der Waals surface area contributed by atoms with Crippen molar-refractivity contribution in [3.8, 4) is 0 Å². The molecule has 0 aliphatic heterocycles. The fourth-order valence-corrected chi connectivity index (χ4v) is 3.07. The third kappa shape index (κ3) is 0.933. The Balaban J connectivity index is 2.38. The summed E-state index contributed by atoms with van der Waals surface area (Å²) >= 11 is 1.71. The van der Waals surface area contributed by atoms with Crippen molar-refractivity contribution in [2.75, 3.05) is 0 Å². The fraction of sp³-hybridized carbons (Fsp3) is 0. The monoisotopic (exact) mass is 223 g/mol. The highest BCUT2D eigenvalue weighted by atomic mass is 32.1. The molecule has 75 valence electrons. The molecule has 0 aliphatic carbocycles. The van der Waals surface area contributed by atoms with Gasteiger partial charge in [0.25, 0.3) is 0 Å². The minimum Gasteiger partial charge on any atom is -0.282 e. The predicted molar refractivity (Wildman–Crippen MR) is 66.9 cm³/mol. The molecule has 0 amide bonds. The van der Waals surface area contributed by atoms with Crippen molar-refractivity contribution < 1.29 is 0 Å². The summed E-state index contributed by atoms with van der Waals surface area (Å²) in [7, 11) is 0. The maximum absolute atomic E-state index is 4.61. The summed E-state index contributed by atoms with van der Waals surface area (Å²) in [5, 5.41) is 0. The van der Waals surface area contributed by atoms with Gasteiger partial charge in [0.05, 0.1) is 21.3 Å². The number of fused-ring (bicyclic) bond motifs is 5. The van der Waals surface area contributed by atoms with Gasteiger partial charge in [0.15, 0.2) is 4.96 Å². The van der Waals surface area contributed by atoms with Crippen LogP contribution in [0.2, 0.25) is 0 Å². The maximum atomic E-state index is 4.61. The predicted octanol–water partition coefficient (Wildman–Crippen LogP) is 3.50. The number of nitrogens with zero attached hydrogens (tertiary/aromatic N) is 2. The third-order valence-electron chi connectivity index (χ3n) is 2.75. The first kappa shape index (κ1) is 8.30. The van der Waals surface area contributed by atoms with E-state index in [1.165, 1.54) is 4.70 Å². The summed E-state index contributed by atoms with van der Waals surface area (Å²) in [4.78, 5) is 5.65. The van der Waals surface area contributed by atoms with Gasteiger partial charge in [-0.05, 0) is 18.2 Å². The highest BCUT2D eigenvalue weighted by Crippen LogP contribution is 2.29. The topological polar surface area (TPSA) is 17.3 Å². The quantitative estimate of drug-likeness (QED) is 0.446. The Hall–Kier alpha value is -1.87. The zero-order valence-corrected chi connectivity index (χ0v) is 9.16. The summed E-state index contributed by atoms with van der Waals surface area (Å²) in [6.07, 6.45) is 0. The van der Waals surface area contributed by atoms with Gasteiger partial charge in [0, 0.05) is 6.07 Å². The molecule has 0 atom stereocenters. The summed E-state index contributed by atoms with van der Waals surface area (Å²) < 4.78 is 3.41. The number of hydrogen-bond acceptors (Lipinski definition) is 2. The molecule has 3 heteroatoms. The van der Waals surface area contributed by atoms with E-state index in [9.17, 15) is 0 Å². The maximum Gasteiger partial charge on any atom is 0.195 e. The van der Waals surface area contributed by atoms with Crippen molar-refractivity contribution in [2.45, 2.75) is 0 Å². The van der Waals surface area contributed by atoms with E-state index in [4.69, 9.17) is 0 Å². The number of para-hydroxylation sites is 3. The fourth-order valence-electron chi connectivity index (χ4n) is 2.06. The van der Waals surface area contributed by atoms with Crippen LogP contribution >= 0.6 is 11.3 Å². The summed E-state index contributed by atoms with van der Waals surface area (Å²) in [5.74, 6) is 0. The average molecular weight is 223 g/mol. The molecule has 2 heterocycles. The molecular formula is C13H7N2S. The van der Waals surface area contributed by atoms with Gasteiger partial charge >= 0.3 is 0 Å². The van der Waals surface area contributed by atoms with Crippen LogP contribution in [0.3, 0.4) is 0 Å². The Kier molecular flexibility index (Phi) is 1.47. The molecule has 0 fully saturated rings. The van der Waals surface area contributed by atoms with Crippen molar-refractivity contribution in [2.24, 2.45) is 0 Å². The van der Waals surface area contributed by atoms with E-state index in [-0.39, 0.29) is 0 Å². The first-order chi connectivity index (χ1) is 7.93. The Morgan fingerprint density at radius 2 is 2.06 bits per heavy atom. The van der Waals surface area contributed by atoms with E-state index >= 15 is 0 Å². The van der Waals surface area contributed by atoms with Crippen LogP contribution in [0, 0.1) is 6.07 Å². The van der Waals surface area contributed by atoms with E-state index < -0.39 is 0 Å². The number of benzene rings is 2. The van der Waals surface area contributed by atoms with Gasteiger partial charge in [0.1, 0.15) is 0 Å². The van der Waals surface area contributed by atoms with Crippen LogP contribution in [-0.2, 0) is 0 Å². The van der Waals surface area contributed by atoms with Crippen LogP contribution in [0.25, 0.3) is 26.2 Å². The zero-order valence-electron chi connectivity index (χ0n) is 8.34. The standard InChI is InChI=1S/C13H7N2S/c1-2-6-10-9(5-1)14-13-15(10)11-7-3-4-8-12(11)16-13/h1-6,8H. The molecule has 2 aromatic carbocycles. The van der Waals surface area contributed by atoms with Crippen molar-refractivity contribution in [1.82, 2.24) is 9.38 Å². The molecule has 0 aliphatic rings. The second kappa shape index (κ2) is 2.83. The van der Waals surface area contributed by atoms with Gasteiger partial charge in [0.2, 0.25) is 0 Å². The SMILES string of the molecule is [c]1cccc2sc3nc4ccccc4n3c12. The van der Waals surface area contributed by atoms with E-state index in [1.807, 2.05) is 30.3 Å². The highest BCUT2D eigenvalue weighted by molar-refractivity contribution is 7.23. The van der Waals surface area contributed by atoms with Crippen molar-refractivity contribution in [3.05, 3.63) is 48.5 Å². The molecule has 4 rings (SSSR count). The molecule has 0 saturated carbocycles. The normalized spacial score (nSPS) is 11.8. The van der Waals surface area contributed by atoms with Crippen LogP contribution in [0.5, 0.6) is 0 Å². The largest absolute Gasteiger partial charge is 0.282 e. The third-order valence-corrected chi connectivity index (χ3v) is 3.76. The summed E-state index contributed by atoms with van der Waals surface area (Å²) in [6, 6.07) is 17.6. The number of aromatic nitrogens is 2. The number of imidazole rings is 1. The lowest BCUT2D eigenvalue weighted by molar-refractivity contribution is 1.34. The second-order valence-electron chi connectivity index (χ2n) is 3.70. The van der Waals surface area contributed by atoms with Gasteiger partial charge in [-0.1, -0.05) is 35.6 Å². The minimum absolute atomic E-state index is 1.04. The molecule has 0 N–H and O–H groups in total. The number of hydrogen-bond donors (Lipinski definition) is 0. The molecule has 0 unspecified atom stereocenters. The van der Waals surface area contributed by atoms with Gasteiger partial charge in [-0.25, -0.2) is 4.98 Å². The molecule has 2 nitrogen and oxygen atoms in total. The van der Waals surface area contributed by atoms with Crippen molar-refractivity contribution >= 4 is 37.5 Å². The van der Waals surface area contributed by atoms with Gasteiger partial charge in [-0.15, -0.1) is 0 Å². The van der Waals surface area contributed by atoms with E-state index in [0.717, 1.165) is 21.5 Å². The Morgan fingerprint density at radius 1 is 1.12 bits per heavy atom. The minimum atomic E-state index is 1.04. The van der Waals surface area contributed by atoms with Crippen LogP contribution in [-0.4, -0.2) is 9.38 Å². The molecule has 2 aromatic heterocycles. The zero-order chi connectivity index (χ0) is 10.5. The Bertz CT molecular complexity index is 745. The second-order valence-corrected chi connectivity index (χ2v) is 4.71. The number of rotatable bonds is 0. The van der Waals surface area contributed by atoms with E-state index in [1.54, 1.807) is 11.3 Å². The van der Waals surface area contributed by atoms with Crippen LogP contribution in [0.1, 0.15) is 0 Å². The smallest absolute Gasteiger partial charge is 0.195 e. The number of thiazole rings is 1. The summed E-state index contributed by atoms with van der Waals surface area (Å²) in [5.41, 5.74) is 3.33. The lowest BCUT2D eigenvalue weighted by Gasteiger charge is -1.92. The van der Waals surface area contributed by atoms with Crippen molar-refractivity contribution in [3.63, 3.8) is 0 Å². The summed E-state index contributed by atoms with van der Waals surface area (Å²) in [6.45, 7) is 0. The van der Waals surface area contributed by atoms with Gasteiger partial charge < -0.3 is 0 Å². The first-order valence-corrected chi connectivity index (χ1v) is 5.91.